The number of nitrogens with zero attached hydrogens (tertiary/aromatic N) is 2. The monoisotopic (exact) mass is 260 g/mol. The van der Waals surface area contributed by atoms with Crippen LogP contribution in [0.4, 0.5) is 5.82 Å². The van der Waals surface area contributed by atoms with Gasteiger partial charge >= 0.3 is 0 Å². The van der Waals surface area contributed by atoms with Gasteiger partial charge < -0.3 is 15.6 Å². The van der Waals surface area contributed by atoms with Gasteiger partial charge in [0.1, 0.15) is 11.6 Å². The van der Waals surface area contributed by atoms with Gasteiger partial charge in [0.2, 0.25) is 0 Å². The molecule has 4 rings (SSSR count). The molecule has 2 saturated heterocycles. The summed E-state index contributed by atoms with van der Waals surface area (Å²) in [6, 6.07) is 2.94. The lowest BCUT2D eigenvalue weighted by Gasteiger charge is -2.38. The molecule has 2 atom stereocenters. The second-order valence-electron chi connectivity index (χ2n) is 6.29. The van der Waals surface area contributed by atoms with Gasteiger partial charge in [-0.3, -0.25) is 4.79 Å². The fourth-order valence-corrected chi connectivity index (χ4v) is 3.74. The molecule has 1 aliphatic carbocycles. The van der Waals surface area contributed by atoms with E-state index in [-0.39, 0.29) is 5.56 Å². The quantitative estimate of drug-likeness (QED) is 0.835. The first-order valence-electron chi connectivity index (χ1n) is 7.36. The number of aromatic amines is 1. The Morgan fingerprint density at radius 2 is 1.89 bits per heavy atom. The highest BCUT2D eigenvalue weighted by atomic mass is 16.1. The Labute approximate surface area is 112 Å². The molecule has 1 saturated carbocycles. The first kappa shape index (κ1) is 11.5. The highest BCUT2D eigenvalue weighted by molar-refractivity contribution is 5.44. The number of H-pyrrole nitrogens is 1. The summed E-state index contributed by atoms with van der Waals surface area (Å²) >= 11 is 0. The lowest BCUT2D eigenvalue weighted by molar-refractivity contribution is 0.411. The fraction of sp³-hybridized carbons (Fsp3) is 0.714. The van der Waals surface area contributed by atoms with Crippen LogP contribution in [0.25, 0.3) is 0 Å². The highest BCUT2D eigenvalue weighted by Crippen LogP contribution is 2.40. The number of aromatic nitrogens is 2. The van der Waals surface area contributed by atoms with Gasteiger partial charge in [-0.1, -0.05) is 0 Å². The van der Waals surface area contributed by atoms with Crippen LogP contribution in [-0.4, -0.2) is 28.1 Å². The van der Waals surface area contributed by atoms with Crippen LogP contribution in [0.2, 0.25) is 0 Å². The molecule has 3 fully saturated rings. The van der Waals surface area contributed by atoms with Crippen LogP contribution in [0.1, 0.15) is 50.3 Å². The topological polar surface area (TPSA) is 75.0 Å². The molecule has 0 spiro atoms. The Bertz CT molecular complexity index is 537. The fourth-order valence-electron chi connectivity index (χ4n) is 3.74. The van der Waals surface area contributed by atoms with E-state index in [1.165, 1.54) is 12.8 Å². The third-order valence-electron chi connectivity index (χ3n) is 4.74. The predicted octanol–water partition coefficient (Wildman–Crippen LogP) is 1.11. The van der Waals surface area contributed by atoms with E-state index in [4.69, 9.17) is 10.7 Å². The lowest BCUT2D eigenvalue weighted by Crippen LogP contribution is -2.48. The van der Waals surface area contributed by atoms with E-state index >= 15 is 0 Å². The number of rotatable bonds is 2. The van der Waals surface area contributed by atoms with Crippen LogP contribution in [0.5, 0.6) is 0 Å². The van der Waals surface area contributed by atoms with Crippen molar-refractivity contribution in [2.75, 3.05) is 4.90 Å². The molecule has 3 N–H and O–H groups in total. The molecule has 5 nitrogen and oxygen atoms in total. The van der Waals surface area contributed by atoms with Gasteiger partial charge in [0.15, 0.2) is 0 Å². The van der Waals surface area contributed by atoms with Gasteiger partial charge in [-0.25, -0.2) is 4.98 Å². The van der Waals surface area contributed by atoms with E-state index in [1.807, 2.05) is 0 Å². The van der Waals surface area contributed by atoms with Crippen molar-refractivity contribution < 1.29 is 0 Å². The van der Waals surface area contributed by atoms with Crippen molar-refractivity contribution in [2.45, 2.75) is 62.6 Å². The van der Waals surface area contributed by atoms with Crippen LogP contribution in [0.3, 0.4) is 0 Å². The van der Waals surface area contributed by atoms with Crippen LogP contribution in [0, 0.1) is 0 Å². The molecule has 0 amide bonds. The summed E-state index contributed by atoms with van der Waals surface area (Å²) in [7, 11) is 0. The summed E-state index contributed by atoms with van der Waals surface area (Å²) in [5.74, 6) is 2.25. The maximum atomic E-state index is 11.8. The highest BCUT2D eigenvalue weighted by Gasteiger charge is 2.40. The zero-order valence-electron chi connectivity index (χ0n) is 11.0. The number of hydrogen-bond acceptors (Lipinski definition) is 4. The summed E-state index contributed by atoms with van der Waals surface area (Å²) in [4.78, 5) is 21.8. The molecule has 102 valence electrons. The van der Waals surface area contributed by atoms with Crippen molar-refractivity contribution in [1.29, 1.82) is 0 Å². The zero-order valence-corrected chi connectivity index (χ0v) is 11.0. The molecule has 1 aromatic heterocycles. The molecular weight excluding hydrogens is 240 g/mol. The summed E-state index contributed by atoms with van der Waals surface area (Å²) in [5, 5.41) is 0. The summed E-state index contributed by atoms with van der Waals surface area (Å²) < 4.78 is 0. The van der Waals surface area contributed by atoms with Crippen LogP contribution >= 0.6 is 0 Å². The summed E-state index contributed by atoms with van der Waals surface area (Å²) in [5.41, 5.74) is 6.09. The number of nitrogens with two attached hydrogens (primary N) is 1. The van der Waals surface area contributed by atoms with Crippen LogP contribution in [-0.2, 0) is 0 Å². The van der Waals surface area contributed by atoms with E-state index in [1.54, 1.807) is 6.07 Å². The number of nitrogens with one attached hydrogen (secondary N) is 1. The number of fused-ring (bicyclic) bond motifs is 2. The van der Waals surface area contributed by atoms with Crippen LogP contribution in [0.15, 0.2) is 10.9 Å². The van der Waals surface area contributed by atoms with Gasteiger partial charge in [-0.05, 0) is 38.5 Å². The molecule has 3 heterocycles. The van der Waals surface area contributed by atoms with Crippen molar-refractivity contribution >= 4 is 5.82 Å². The summed E-state index contributed by atoms with van der Waals surface area (Å²) in [6.45, 7) is 0. The first-order valence-corrected chi connectivity index (χ1v) is 7.36. The smallest absolute Gasteiger partial charge is 0.252 e. The van der Waals surface area contributed by atoms with Crippen molar-refractivity contribution in [1.82, 2.24) is 9.97 Å². The lowest BCUT2D eigenvalue weighted by atomic mass is 9.98. The molecule has 2 bridgehead atoms. The predicted molar refractivity (Wildman–Crippen MR) is 73.3 cm³/mol. The van der Waals surface area contributed by atoms with Crippen molar-refractivity contribution in [3.8, 4) is 0 Å². The third kappa shape index (κ3) is 1.96. The first-order chi connectivity index (χ1) is 9.20. The third-order valence-corrected chi connectivity index (χ3v) is 4.74. The maximum Gasteiger partial charge on any atom is 0.252 e. The molecule has 5 heteroatoms. The normalized spacial score (nSPS) is 33.7. The summed E-state index contributed by atoms with van der Waals surface area (Å²) in [6.07, 6.45) is 6.75. The second kappa shape index (κ2) is 4.07. The largest absolute Gasteiger partial charge is 0.350 e. The maximum absolute atomic E-state index is 11.8. The molecule has 2 aliphatic heterocycles. The SMILES string of the molecule is NC1CC2CCC(C1)N2c1cc(=O)[nH]c(C2CC2)n1. The minimum absolute atomic E-state index is 0.0128. The molecule has 19 heavy (non-hydrogen) atoms. The van der Waals surface area contributed by atoms with Gasteiger partial charge in [0.25, 0.3) is 5.56 Å². The average Bonchev–Trinajstić information content (AvgIpc) is 3.15. The van der Waals surface area contributed by atoms with E-state index in [2.05, 4.69) is 9.88 Å². The van der Waals surface area contributed by atoms with E-state index in [0.717, 1.165) is 37.3 Å². The van der Waals surface area contributed by atoms with Gasteiger partial charge in [0, 0.05) is 30.1 Å². The molecule has 0 aromatic carbocycles. The number of hydrogen-bond donors (Lipinski definition) is 2. The van der Waals surface area contributed by atoms with Crippen LogP contribution < -0.4 is 16.2 Å². The Balaban J connectivity index is 1.70. The molecule has 1 aromatic rings. The molecule has 2 unspecified atom stereocenters. The Morgan fingerprint density at radius 3 is 2.53 bits per heavy atom. The average molecular weight is 260 g/mol. The number of anilines is 1. The number of piperidine rings is 1. The van der Waals surface area contributed by atoms with Gasteiger partial charge in [0.05, 0.1) is 0 Å². The standard InChI is InChI=1S/C14H20N4O/c15-9-5-10-3-4-11(6-9)18(10)12-7-13(19)17-14(16-12)8-1-2-8/h7-11H,1-6,15H2,(H,16,17,19). The van der Waals surface area contributed by atoms with Gasteiger partial charge in [-0.2, -0.15) is 0 Å². The van der Waals surface area contributed by atoms with E-state index in [0.29, 0.717) is 24.0 Å². The van der Waals surface area contributed by atoms with Crippen molar-refractivity contribution in [3.05, 3.63) is 22.2 Å². The van der Waals surface area contributed by atoms with Crippen molar-refractivity contribution in [3.63, 3.8) is 0 Å². The zero-order chi connectivity index (χ0) is 13.0. The molecule has 3 aliphatic rings. The Kier molecular flexibility index (Phi) is 2.45. The second-order valence-corrected chi connectivity index (χ2v) is 6.29. The van der Waals surface area contributed by atoms with Crippen molar-refractivity contribution in [2.24, 2.45) is 5.73 Å². The minimum atomic E-state index is -0.0128. The molecule has 0 radical (unpaired) electrons. The Hall–Kier alpha value is -1.36. The minimum Gasteiger partial charge on any atom is -0.350 e. The van der Waals surface area contributed by atoms with E-state index in [9.17, 15) is 4.79 Å². The van der Waals surface area contributed by atoms with Gasteiger partial charge in [-0.15, -0.1) is 0 Å². The Morgan fingerprint density at radius 1 is 1.21 bits per heavy atom. The molecular formula is C14H20N4O. The van der Waals surface area contributed by atoms with E-state index < -0.39 is 0 Å².